The standard InChI is InChI=1S/C17H26N6O2S/c1-5-19-17(21-11-16-12(2)22-23(4)13(16)3)20-10-14-7-6-8-15(9-14)26(18,24)25/h6-9H,5,10-11H2,1-4H3,(H2,18,24,25)(H2,19,20,21). The lowest BCUT2D eigenvalue weighted by Crippen LogP contribution is -2.37. The van der Waals surface area contributed by atoms with E-state index in [9.17, 15) is 8.42 Å². The van der Waals surface area contributed by atoms with Gasteiger partial charge in [-0.1, -0.05) is 12.1 Å². The molecule has 0 aliphatic carbocycles. The van der Waals surface area contributed by atoms with Crippen molar-refractivity contribution in [1.29, 1.82) is 0 Å². The Kier molecular flexibility index (Phi) is 6.38. The zero-order valence-electron chi connectivity index (χ0n) is 15.6. The Morgan fingerprint density at radius 2 is 2.04 bits per heavy atom. The van der Waals surface area contributed by atoms with E-state index < -0.39 is 10.0 Å². The summed E-state index contributed by atoms with van der Waals surface area (Å²) in [6.45, 7) is 7.65. The molecule has 0 saturated carbocycles. The highest BCUT2D eigenvalue weighted by Crippen LogP contribution is 2.12. The molecule has 2 rings (SSSR count). The van der Waals surface area contributed by atoms with Crippen molar-refractivity contribution in [2.24, 2.45) is 17.2 Å². The van der Waals surface area contributed by atoms with Crippen LogP contribution in [-0.4, -0.2) is 30.7 Å². The largest absolute Gasteiger partial charge is 0.357 e. The summed E-state index contributed by atoms with van der Waals surface area (Å²) in [4.78, 5) is 4.61. The first-order chi connectivity index (χ1) is 12.2. The Morgan fingerprint density at radius 3 is 2.62 bits per heavy atom. The van der Waals surface area contributed by atoms with Crippen LogP contribution in [0.25, 0.3) is 0 Å². The van der Waals surface area contributed by atoms with E-state index in [1.165, 1.54) is 12.1 Å². The van der Waals surface area contributed by atoms with Crippen molar-refractivity contribution < 1.29 is 8.42 Å². The lowest BCUT2D eigenvalue weighted by Gasteiger charge is -2.12. The first-order valence-electron chi connectivity index (χ1n) is 8.35. The highest BCUT2D eigenvalue weighted by molar-refractivity contribution is 7.89. The summed E-state index contributed by atoms with van der Waals surface area (Å²) in [7, 11) is -1.80. The van der Waals surface area contributed by atoms with Crippen LogP contribution in [0.15, 0.2) is 34.2 Å². The fourth-order valence-corrected chi connectivity index (χ4v) is 3.16. The Bertz CT molecular complexity index is 902. The number of sulfonamides is 1. The Labute approximate surface area is 154 Å². The molecule has 8 nitrogen and oxygen atoms in total. The minimum Gasteiger partial charge on any atom is -0.357 e. The highest BCUT2D eigenvalue weighted by atomic mass is 32.2. The third-order valence-corrected chi connectivity index (χ3v) is 4.99. The molecule has 0 radical (unpaired) electrons. The Balaban J connectivity index is 2.12. The quantitative estimate of drug-likeness (QED) is 0.511. The summed E-state index contributed by atoms with van der Waals surface area (Å²) in [5.74, 6) is 0.649. The van der Waals surface area contributed by atoms with Crippen LogP contribution in [-0.2, 0) is 30.2 Å². The fourth-order valence-electron chi connectivity index (χ4n) is 2.58. The zero-order valence-corrected chi connectivity index (χ0v) is 16.4. The van der Waals surface area contributed by atoms with Crippen LogP contribution in [0.3, 0.4) is 0 Å². The maximum Gasteiger partial charge on any atom is 0.238 e. The van der Waals surface area contributed by atoms with E-state index in [1.54, 1.807) is 6.07 Å². The van der Waals surface area contributed by atoms with Gasteiger partial charge in [0.05, 0.1) is 17.1 Å². The van der Waals surface area contributed by atoms with Crippen LogP contribution in [0.1, 0.15) is 29.4 Å². The molecule has 9 heteroatoms. The second kappa shape index (κ2) is 8.33. The number of hydrogen-bond donors (Lipinski definition) is 3. The lowest BCUT2D eigenvalue weighted by molar-refractivity contribution is 0.597. The van der Waals surface area contributed by atoms with Crippen molar-refractivity contribution >= 4 is 16.0 Å². The van der Waals surface area contributed by atoms with Gasteiger partial charge in [0.1, 0.15) is 0 Å². The Morgan fingerprint density at radius 1 is 1.31 bits per heavy atom. The molecule has 0 amide bonds. The minimum absolute atomic E-state index is 0.0877. The summed E-state index contributed by atoms with van der Waals surface area (Å²) in [6.07, 6.45) is 0. The van der Waals surface area contributed by atoms with E-state index in [2.05, 4.69) is 20.7 Å². The van der Waals surface area contributed by atoms with E-state index in [0.717, 1.165) is 22.5 Å². The number of nitrogens with two attached hydrogens (primary N) is 1. The number of rotatable bonds is 6. The van der Waals surface area contributed by atoms with Gasteiger partial charge in [0.15, 0.2) is 5.96 Å². The molecule has 0 spiro atoms. The van der Waals surface area contributed by atoms with E-state index in [-0.39, 0.29) is 4.90 Å². The summed E-state index contributed by atoms with van der Waals surface area (Å²) < 4.78 is 24.8. The van der Waals surface area contributed by atoms with Gasteiger partial charge in [-0.25, -0.2) is 18.5 Å². The summed E-state index contributed by atoms with van der Waals surface area (Å²) in [6, 6.07) is 6.49. The molecule has 2 aromatic rings. The molecule has 0 bridgehead atoms. The van der Waals surface area contributed by atoms with Gasteiger partial charge in [0, 0.05) is 31.4 Å². The van der Waals surface area contributed by atoms with Crippen LogP contribution in [0.2, 0.25) is 0 Å². The summed E-state index contributed by atoms with van der Waals surface area (Å²) >= 11 is 0. The molecule has 0 atom stereocenters. The van der Waals surface area contributed by atoms with Crippen molar-refractivity contribution in [3.63, 3.8) is 0 Å². The maximum absolute atomic E-state index is 11.5. The minimum atomic E-state index is -3.72. The first kappa shape index (κ1) is 19.9. The van der Waals surface area contributed by atoms with Crippen LogP contribution in [0, 0.1) is 13.8 Å². The van der Waals surface area contributed by atoms with Gasteiger partial charge < -0.3 is 10.6 Å². The van der Waals surface area contributed by atoms with Gasteiger partial charge in [-0.2, -0.15) is 5.10 Å². The first-order valence-corrected chi connectivity index (χ1v) is 9.90. The molecule has 0 aliphatic rings. The number of aliphatic imine (C=N–C) groups is 1. The lowest BCUT2D eigenvalue weighted by atomic mass is 10.2. The molecule has 0 unspecified atom stereocenters. The molecule has 1 aromatic heterocycles. The molecule has 0 aliphatic heterocycles. The fraction of sp³-hybridized carbons (Fsp3) is 0.412. The number of aryl methyl sites for hydroxylation is 2. The number of nitrogens with zero attached hydrogens (tertiary/aromatic N) is 3. The molecule has 26 heavy (non-hydrogen) atoms. The van der Waals surface area contributed by atoms with Crippen LogP contribution in [0.5, 0.6) is 0 Å². The number of nitrogens with one attached hydrogen (secondary N) is 2. The predicted molar refractivity (Wildman–Crippen MR) is 102 cm³/mol. The van der Waals surface area contributed by atoms with Crippen LogP contribution < -0.4 is 15.8 Å². The molecule has 1 aromatic carbocycles. The van der Waals surface area contributed by atoms with E-state index in [4.69, 9.17) is 5.14 Å². The maximum atomic E-state index is 11.5. The van der Waals surface area contributed by atoms with Gasteiger partial charge >= 0.3 is 0 Å². The van der Waals surface area contributed by atoms with Gasteiger partial charge in [-0.3, -0.25) is 4.68 Å². The molecule has 0 fully saturated rings. The molecule has 1 heterocycles. The smallest absolute Gasteiger partial charge is 0.238 e. The number of guanidine groups is 1. The monoisotopic (exact) mass is 378 g/mol. The van der Waals surface area contributed by atoms with Crippen molar-refractivity contribution in [3.05, 3.63) is 46.8 Å². The molecular weight excluding hydrogens is 352 g/mol. The topological polar surface area (TPSA) is 114 Å². The molecular formula is C17H26N6O2S. The van der Waals surface area contributed by atoms with Crippen LogP contribution >= 0.6 is 0 Å². The molecule has 0 saturated heterocycles. The van der Waals surface area contributed by atoms with Crippen molar-refractivity contribution in [2.45, 2.75) is 38.8 Å². The Hall–Kier alpha value is -2.39. The van der Waals surface area contributed by atoms with Gasteiger partial charge in [-0.15, -0.1) is 0 Å². The molecule has 142 valence electrons. The van der Waals surface area contributed by atoms with Crippen molar-refractivity contribution in [2.75, 3.05) is 6.54 Å². The number of hydrogen-bond acceptors (Lipinski definition) is 4. The van der Waals surface area contributed by atoms with E-state index in [0.29, 0.717) is 25.6 Å². The average Bonchev–Trinajstić information content (AvgIpc) is 2.82. The third-order valence-electron chi connectivity index (χ3n) is 4.08. The third kappa shape index (κ3) is 5.06. The summed E-state index contributed by atoms with van der Waals surface area (Å²) in [5.41, 5.74) is 3.98. The number of aromatic nitrogens is 2. The van der Waals surface area contributed by atoms with E-state index in [1.807, 2.05) is 38.6 Å². The van der Waals surface area contributed by atoms with Crippen molar-refractivity contribution in [3.8, 4) is 0 Å². The van der Waals surface area contributed by atoms with Crippen LogP contribution in [0.4, 0.5) is 0 Å². The van der Waals surface area contributed by atoms with Crippen molar-refractivity contribution in [1.82, 2.24) is 20.4 Å². The van der Waals surface area contributed by atoms with Gasteiger partial charge in [-0.05, 0) is 38.5 Å². The number of primary sulfonamides is 1. The summed E-state index contributed by atoms with van der Waals surface area (Å²) in [5, 5.41) is 16.1. The van der Waals surface area contributed by atoms with E-state index >= 15 is 0 Å². The van der Waals surface area contributed by atoms with Gasteiger partial charge in [0.25, 0.3) is 0 Å². The molecule has 4 N–H and O–H groups in total. The SMILES string of the molecule is CCNC(=NCc1cccc(S(N)(=O)=O)c1)NCc1c(C)nn(C)c1C. The predicted octanol–water partition coefficient (Wildman–Crippen LogP) is 0.940. The zero-order chi connectivity index (χ0) is 19.3. The average molecular weight is 379 g/mol. The van der Waals surface area contributed by atoms with Gasteiger partial charge in [0.2, 0.25) is 10.0 Å². The normalized spacial score (nSPS) is 12.3. The number of benzene rings is 1. The second-order valence-corrected chi connectivity index (χ2v) is 7.58. The highest BCUT2D eigenvalue weighted by Gasteiger charge is 2.10. The second-order valence-electron chi connectivity index (χ2n) is 6.01.